The molecule has 1 aliphatic rings. The summed E-state index contributed by atoms with van der Waals surface area (Å²) < 4.78 is 24.7. The molecule has 0 unspecified atom stereocenters. The van der Waals surface area contributed by atoms with Crippen LogP contribution in [0.3, 0.4) is 0 Å². The fourth-order valence-corrected chi connectivity index (χ4v) is 2.66. The zero-order valence-electron chi connectivity index (χ0n) is 8.14. The van der Waals surface area contributed by atoms with E-state index >= 15 is 0 Å². The lowest BCUT2D eigenvalue weighted by Gasteiger charge is -2.25. The molecule has 0 spiro atoms. The Morgan fingerprint density at radius 3 is 2.93 bits per heavy atom. The average molecular weight is 292 g/mol. The Kier molecular flexibility index (Phi) is 2.78. The third-order valence-electron chi connectivity index (χ3n) is 2.34. The van der Waals surface area contributed by atoms with Gasteiger partial charge >= 0.3 is 0 Å². The number of nitrogens with zero attached hydrogens (tertiary/aromatic N) is 3. The maximum Gasteiger partial charge on any atom is 0.211 e. The van der Waals surface area contributed by atoms with Gasteiger partial charge in [-0.25, -0.2) is 18.4 Å². The smallest absolute Gasteiger partial charge is 0.211 e. The second-order valence-corrected chi connectivity index (χ2v) is 6.15. The van der Waals surface area contributed by atoms with Gasteiger partial charge in [0.2, 0.25) is 10.0 Å². The highest BCUT2D eigenvalue weighted by Crippen LogP contribution is 2.19. The van der Waals surface area contributed by atoms with Crippen LogP contribution in [0.1, 0.15) is 11.3 Å². The maximum absolute atomic E-state index is 11.3. The van der Waals surface area contributed by atoms with Crippen molar-refractivity contribution < 1.29 is 8.42 Å². The van der Waals surface area contributed by atoms with Crippen molar-refractivity contribution in [2.45, 2.75) is 13.0 Å². The van der Waals surface area contributed by atoms with Gasteiger partial charge in [0.1, 0.15) is 0 Å². The summed E-state index contributed by atoms with van der Waals surface area (Å²) in [5.41, 5.74) is 1.81. The van der Waals surface area contributed by atoms with Gasteiger partial charge in [-0.2, -0.15) is 4.31 Å². The fourth-order valence-electron chi connectivity index (χ4n) is 1.55. The van der Waals surface area contributed by atoms with Crippen LogP contribution >= 0.6 is 15.9 Å². The summed E-state index contributed by atoms with van der Waals surface area (Å²) in [5, 5.41) is 0. The van der Waals surface area contributed by atoms with Crippen LogP contribution in [0.2, 0.25) is 0 Å². The molecule has 0 amide bonds. The molecule has 15 heavy (non-hydrogen) atoms. The van der Waals surface area contributed by atoms with E-state index in [1.54, 1.807) is 6.20 Å². The average Bonchev–Trinajstić information content (AvgIpc) is 2.15. The number of halogens is 1. The first-order valence-electron chi connectivity index (χ1n) is 4.42. The highest BCUT2D eigenvalue weighted by molar-refractivity contribution is 9.10. The van der Waals surface area contributed by atoms with Crippen molar-refractivity contribution in [2.75, 3.05) is 12.8 Å². The van der Waals surface area contributed by atoms with Crippen LogP contribution in [0.25, 0.3) is 0 Å². The van der Waals surface area contributed by atoms with Gasteiger partial charge in [-0.3, -0.25) is 0 Å². The van der Waals surface area contributed by atoms with E-state index in [4.69, 9.17) is 0 Å². The third kappa shape index (κ3) is 2.35. The molecule has 1 aliphatic heterocycles. The van der Waals surface area contributed by atoms with Gasteiger partial charge < -0.3 is 0 Å². The molecule has 0 atom stereocenters. The van der Waals surface area contributed by atoms with Crippen molar-refractivity contribution in [1.82, 2.24) is 14.3 Å². The lowest BCUT2D eigenvalue weighted by molar-refractivity contribution is 0.390. The Bertz CT molecular complexity index is 489. The van der Waals surface area contributed by atoms with E-state index in [9.17, 15) is 8.42 Å². The Labute approximate surface area is 96.7 Å². The van der Waals surface area contributed by atoms with E-state index in [-0.39, 0.29) is 0 Å². The Balaban J connectivity index is 2.32. The molecular formula is C8H10BrN3O2S. The van der Waals surface area contributed by atoms with Gasteiger partial charge in [0, 0.05) is 31.3 Å². The molecule has 2 heterocycles. The Morgan fingerprint density at radius 1 is 1.53 bits per heavy atom. The summed E-state index contributed by atoms with van der Waals surface area (Å²) in [6.45, 7) is 0.872. The minimum atomic E-state index is -3.11. The summed E-state index contributed by atoms with van der Waals surface area (Å²) >= 11 is 3.19. The molecule has 0 N–H and O–H groups in total. The largest absolute Gasteiger partial charge is 0.230 e. The van der Waals surface area contributed by atoms with E-state index in [1.807, 2.05) is 0 Å². The predicted molar refractivity (Wildman–Crippen MR) is 58.7 cm³/mol. The minimum absolute atomic E-state index is 0.376. The molecule has 0 radical (unpaired) electrons. The second kappa shape index (κ2) is 3.80. The molecule has 1 aromatic rings. The first-order chi connectivity index (χ1) is 6.97. The summed E-state index contributed by atoms with van der Waals surface area (Å²) in [7, 11) is -3.11. The molecule has 5 nitrogen and oxygen atoms in total. The van der Waals surface area contributed by atoms with Gasteiger partial charge in [0.15, 0.2) is 4.73 Å². The molecule has 7 heteroatoms. The Morgan fingerprint density at radius 2 is 2.27 bits per heavy atom. The van der Waals surface area contributed by atoms with Crippen molar-refractivity contribution in [1.29, 1.82) is 0 Å². The number of hydrogen-bond donors (Lipinski definition) is 0. The molecule has 0 fully saturated rings. The van der Waals surface area contributed by atoms with E-state index in [2.05, 4.69) is 25.9 Å². The summed E-state index contributed by atoms with van der Waals surface area (Å²) in [6, 6.07) is 0. The topological polar surface area (TPSA) is 63.2 Å². The van der Waals surface area contributed by atoms with Crippen molar-refractivity contribution in [3.63, 3.8) is 0 Å². The van der Waals surface area contributed by atoms with E-state index in [0.29, 0.717) is 24.2 Å². The van der Waals surface area contributed by atoms with Gasteiger partial charge in [-0.05, 0) is 15.9 Å². The molecular weight excluding hydrogens is 282 g/mol. The van der Waals surface area contributed by atoms with Crippen LogP contribution < -0.4 is 0 Å². The number of hydrogen-bond acceptors (Lipinski definition) is 4. The van der Waals surface area contributed by atoms with E-state index in [1.165, 1.54) is 10.6 Å². The first kappa shape index (κ1) is 11.0. The molecule has 0 saturated carbocycles. The first-order valence-corrected chi connectivity index (χ1v) is 7.06. The quantitative estimate of drug-likeness (QED) is 0.709. The monoisotopic (exact) mass is 291 g/mol. The van der Waals surface area contributed by atoms with Crippen LogP contribution in [-0.4, -0.2) is 35.5 Å². The molecule has 0 aliphatic carbocycles. The van der Waals surface area contributed by atoms with Gasteiger partial charge in [0.25, 0.3) is 0 Å². The molecule has 0 aromatic carbocycles. The van der Waals surface area contributed by atoms with E-state index < -0.39 is 10.0 Å². The SMILES string of the molecule is CS(=O)(=O)N1CCc2nc(Br)ncc2C1. The van der Waals surface area contributed by atoms with Gasteiger partial charge in [-0.1, -0.05) is 0 Å². The Hall–Kier alpha value is -0.530. The lowest BCUT2D eigenvalue weighted by Crippen LogP contribution is -2.35. The van der Waals surface area contributed by atoms with Crippen LogP contribution in [0, 0.1) is 0 Å². The fraction of sp³-hybridized carbons (Fsp3) is 0.500. The van der Waals surface area contributed by atoms with Crippen molar-refractivity contribution in [3.05, 3.63) is 22.2 Å². The van der Waals surface area contributed by atoms with Crippen molar-refractivity contribution in [3.8, 4) is 0 Å². The highest BCUT2D eigenvalue weighted by atomic mass is 79.9. The normalized spacial score (nSPS) is 17.5. The van der Waals surface area contributed by atoms with Crippen LogP contribution in [-0.2, 0) is 23.0 Å². The van der Waals surface area contributed by atoms with Gasteiger partial charge in [0.05, 0.1) is 11.9 Å². The summed E-state index contributed by atoms with van der Waals surface area (Å²) in [5.74, 6) is 0. The minimum Gasteiger partial charge on any atom is -0.230 e. The lowest BCUT2D eigenvalue weighted by atomic mass is 10.1. The predicted octanol–water partition coefficient (Wildman–Crippen LogP) is 0.557. The van der Waals surface area contributed by atoms with Gasteiger partial charge in [-0.15, -0.1) is 0 Å². The molecule has 0 bridgehead atoms. The van der Waals surface area contributed by atoms with E-state index in [0.717, 1.165) is 11.3 Å². The van der Waals surface area contributed by atoms with Crippen molar-refractivity contribution in [2.24, 2.45) is 0 Å². The van der Waals surface area contributed by atoms with Crippen molar-refractivity contribution >= 4 is 26.0 Å². The molecule has 1 aromatic heterocycles. The number of rotatable bonds is 1. The highest BCUT2D eigenvalue weighted by Gasteiger charge is 2.24. The number of fused-ring (bicyclic) bond motifs is 1. The molecule has 0 saturated heterocycles. The number of aromatic nitrogens is 2. The van der Waals surface area contributed by atoms with Crippen LogP contribution in [0.4, 0.5) is 0 Å². The standard InChI is InChI=1S/C8H10BrN3O2S/c1-15(13,14)12-3-2-7-6(5-12)4-10-8(9)11-7/h4H,2-3,5H2,1H3. The summed E-state index contributed by atoms with van der Waals surface area (Å²) in [4.78, 5) is 8.21. The van der Waals surface area contributed by atoms with Crippen LogP contribution in [0.5, 0.6) is 0 Å². The zero-order chi connectivity index (χ0) is 11.1. The third-order valence-corrected chi connectivity index (χ3v) is 3.97. The number of sulfonamides is 1. The molecule has 2 rings (SSSR count). The zero-order valence-corrected chi connectivity index (χ0v) is 10.5. The van der Waals surface area contributed by atoms with Crippen LogP contribution in [0.15, 0.2) is 10.9 Å². The maximum atomic E-state index is 11.3. The second-order valence-electron chi connectivity index (χ2n) is 3.46. The summed E-state index contributed by atoms with van der Waals surface area (Å²) in [6.07, 6.45) is 3.53. The molecule has 82 valence electrons.